The zero-order chi connectivity index (χ0) is 29.7. The minimum atomic E-state index is -0.124. The number of amides is 1. The number of hydrogen-bond acceptors (Lipinski definition) is 8. The Morgan fingerprint density at radius 1 is 1.12 bits per heavy atom. The lowest BCUT2D eigenvalue weighted by Crippen LogP contribution is -3.12. The van der Waals surface area contributed by atoms with Gasteiger partial charge in [0.05, 0.1) is 11.9 Å². The number of aliphatic imine (C=N–C) groups is 1. The van der Waals surface area contributed by atoms with E-state index in [-0.39, 0.29) is 11.3 Å². The van der Waals surface area contributed by atoms with E-state index >= 15 is 0 Å². The highest BCUT2D eigenvalue weighted by atomic mass is 16.1. The molecule has 0 saturated carbocycles. The number of hydrogen-bond donors (Lipinski definition) is 4. The Labute approximate surface area is 252 Å². The van der Waals surface area contributed by atoms with E-state index in [1.807, 2.05) is 61.8 Å². The topological polar surface area (TPSA) is 102 Å². The third kappa shape index (κ3) is 5.28. The molecule has 5 heterocycles. The van der Waals surface area contributed by atoms with Gasteiger partial charge in [-0.1, -0.05) is 39.0 Å². The summed E-state index contributed by atoms with van der Waals surface area (Å²) in [6.45, 7) is 11.1. The van der Waals surface area contributed by atoms with Gasteiger partial charge in [0.25, 0.3) is 11.7 Å². The molecule has 0 radical (unpaired) electrons. The van der Waals surface area contributed by atoms with Crippen LogP contribution in [0.1, 0.15) is 48.7 Å². The van der Waals surface area contributed by atoms with Crippen molar-refractivity contribution in [2.75, 3.05) is 40.2 Å². The van der Waals surface area contributed by atoms with E-state index < -0.39 is 0 Å². The molecule has 2 fully saturated rings. The number of fused-ring (bicyclic) bond motifs is 3. The third-order valence-electron chi connectivity index (χ3n) is 8.76. The number of carbonyl (C=O) groups excluding carboxylic acids is 1. The lowest BCUT2D eigenvalue weighted by atomic mass is 9.86. The average Bonchev–Trinajstić information content (AvgIpc) is 3.76. The normalized spacial score (nSPS) is 22.4. The van der Waals surface area contributed by atoms with E-state index in [2.05, 4.69) is 75.0 Å². The van der Waals surface area contributed by atoms with Crippen LogP contribution >= 0.6 is 0 Å². The van der Waals surface area contributed by atoms with E-state index in [0.717, 1.165) is 64.6 Å². The predicted octanol–water partition coefficient (Wildman–Crippen LogP) is 3.38. The van der Waals surface area contributed by atoms with Crippen LogP contribution in [0, 0.1) is 6.92 Å². The number of benzene rings is 2. The third-order valence-corrected chi connectivity index (χ3v) is 8.76. The van der Waals surface area contributed by atoms with Gasteiger partial charge in [-0.05, 0) is 60.2 Å². The minimum Gasteiger partial charge on any atom is -0.335 e. The molecule has 3 atom stereocenters. The standard InChI is InChI=1S/C33H37N9O/c1-21-26(38-31(43)22-8-10-23(11-9-22)33(2,3)4)6-5-7-28(21)41-19-27(30-34-14-15-40(30)20-41)37-29-12-13-35-32(39-29)42-18-24-16-25(42)17-36-24/h5-15,19,24-25,36H,16-18,20H2,1-4H3,(H,38,43)(H,35,37,39)/p+1. The van der Waals surface area contributed by atoms with E-state index in [9.17, 15) is 4.79 Å². The van der Waals surface area contributed by atoms with Crippen LogP contribution in [0.25, 0.3) is 0 Å². The number of piperazine rings is 1. The second-order valence-electron chi connectivity index (χ2n) is 12.7. The number of nitrogens with zero attached hydrogens (tertiary/aromatic N) is 5. The highest BCUT2D eigenvalue weighted by Crippen LogP contribution is 2.30. The Kier molecular flexibility index (Phi) is 6.75. The van der Waals surface area contributed by atoms with Crippen LogP contribution in [0.5, 0.6) is 0 Å². The molecular weight excluding hydrogens is 538 g/mol. The average molecular weight is 577 g/mol. The van der Waals surface area contributed by atoms with Gasteiger partial charge in [-0.25, -0.2) is 9.88 Å². The molecular formula is C33H38N9O+. The summed E-state index contributed by atoms with van der Waals surface area (Å²) >= 11 is 0. The lowest BCUT2D eigenvalue weighted by molar-refractivity contribution is -0.743. The Morgan fingerprint density at radius 3 is 2.70 bits per heavy atom. The molecule has 3 aromatic rings. The fraction of sp³-hybridized carbons (Fsp3) is 0.333. The van der Waals surface area contributed by atoms with Crippen molar-refractivity contribution in [2.45, 2.75) is 51.6 Å². The first-order valence-corrected chi connectivity index (χ1v) is 14.9. The molecule has 2 saturated heterocycles. The van der Waals surface area contributed by atoms with Gasteiger partial charge in [0, 0.05) is 48.8 Å². The molecule has 220 valence electrons. The van der Waals surface area contributed by atoms with Gasteiger partial charge >= 0.3 is 0 Å². The number of anilines is 4. The maximum atomic E-state index is 13.2. The van der Waals surface area contributed by atoms with Crippen LogP contribution in [0.15, 0.2) is 84.0 Å². The summed E-state index contributed by atoms with van der Waals surface area (Å²) in [5.74, 6) is 2.29. The van der Waals surface area contributed by atoms with Crippen LogP contribution in [0.3, 0.4) is 0 Å². The zero-order valence-corrected chi connectivity index (χ0v) is 25.1. The van der Waals surface area contributed by atoms with Crippen molar-refractivity contribution < 1.29 is 9.69 Å². The zero-order valence-electron chi connectivity index (χ0n) is 25.1. The van der Waals surface area contributed by atoms with Gasteiger partial charge < -0.3 is 20.9 Å². The van der Waals surface area contributed by atoms with Crippen LogP contribution in [-0.2, 0) is 5.41 Å². The van der Waals surface area contributed by atoms with E-state index in [0.29, 0.717) is 24.3 Å². The molecule has 2 bridgehead atoms. The van der Waals surface area contributed by atoms with Gasteiger partial charge in [0.1, 0.15) is 17.7 Å². The number of aromatic nitrogens is 2. The van der Waals surface area contributed by atoms with Crippen LogP contribution < -0.4 is 30.7 Å². The minimum absolute atomic E-state index is 0.0354. The SMILES string of the molecule is Cc1c(NC(=O)c2ccc(C(C)(C)C)cc2)cccc1N1C=C(Nc2ccnc(N3CC4CC3CN4)n2)C2=NC=C[NH+]2C1. The summed E-state index contributed by atoms with van der Waals surface area (Å²) in [6.07, 6.45) is 8.94. The van der Waals surface area contributed by atoms with Crippen molar-refractivity contribution in [3.05, 3.63) is 95.7 Å². The Morgan fingerprint density at radius 2 is 1.95 bits per heavy atom. The summed E-state index contributed by atoms with van der Waals surface area (Å²) in [6, 6.07) is 16.7. The maximum Gasteiger partial charge on any atom is 0.257 e. The second-order valence-corrected chi connectivity index (χ2v) is 12.7. The quantitative estimate of drug-likeness (QED) is 0.357. The molecule has 2 aromatic carbocycles. The summed E-state index contributed by atoms with van der Waals surface area (Å²) in [4.78, 5) is 32.9. The monoisotopic (exact) mass is 576 g/mol. The predicted molar refractivity (Wildman–Crippen MR) is 170 cm³/mol. The summed E-state index contributed by atoms with van der Waals surface area (Å²) in [5, 5.41) is 10.2. The molecule has 10 nitrogen and oxygen atoms in total. The van der Waals surface area contributed by atoms with Crippen LogP contribution in [0.4, 0.5) is 23.1 Å². The number of carbonyl (C=O) groups is 1. The molecule has 7 rings (SSSR count). The molecule has 10 heteroatoms. The van der Waals surface area contributed by atoms with Crippen molar-refractivity contribution in [1.82, 2.24) is 15.3 Å². The highest BCUT2D eigenvalue weighted by molar-refractivity contribution is 6.05. The number of nitrogens with one attached hydrogen (secondary N) is 4. The lowest BCUT2D eigenvalue weighted by Gasteiger charge is -2.31. The van der Waals surface area contributed by atoms with Gasteiger partial charge in [-0.15, -0.1) is 0 Å². The van der Waals surface area contributed by atoms with Gasteiger partial charge in [0.15, 0.2) is 6.67 Å². The number of amidine groups is 1. The Bertz CT molecular complexity index is 1650. The van der Waals surface area contributed by atoms with Crippen LogP contribution in [-0.4, -0.2) is 53.6 Å². The first-order valence-electron chi connectivity index (χ1n) is 14.9. The van der Waals surface area contributed by atoms with Crippen molar-refractivity contribution >= 4 is 34.9 Å². The largest absolute Gasteiger partial charge is 0.335 e. The second kappa shape index (κ2) is 10.6. The molecule has 4 aliphatic rings. The summed E-state index contributed by atoms with van der Waals surface area (Å²) in [7, 11) is 0. The smallest absolute Gasteiger partial charge is 0.257 e. The molecule has 4 N–H and O–H groups in total. The molecule has 3 unspecified atom stereocenters. The number of rotatable bonds is 6. The van der Waals surface area contributed by atoms with Gasteiger partial charge in [0.2, 0.25) is 5.95 Å². The van der Waals surface area contributed by atoms with Crippen molar-refractivity contribution in [3.8, 4) is 0 Å². The van der Waals surface area contributed by atoms with E-state index in [1.165, 1.54) is 5.56 Å². The van der Waals surface area contributed by atoms with E-state index in [1.54, 1.807) is 0 Å². The molecule has 0 spiro atoms. The van der Waals surface area contributed by atoms with Gasteiger partial charge in [-0.3, -0.25) is 9.69 Å². The molecule has 4 aliphatic heterocycles. The first-order chi connectivity index (χ1) is 20.7. The first kappa shape index (κ1) is 27.3. The van der Waals surface area contributed by atoms with Crippen molar-refractivity contribution in [3.63, 3.8) is 0 Å². The Hall–Kier alpha value is -4.54. The Balaban J connectivity index is 1.12. The summed E-state index contributed by atoms with van der Waals surface area (Å²) < 4.78 is 0. The number of quaternary nitrogens is 1. The molecule has 1 aromatic heterocycles. The molecule has 0 aliphatic carbocycles. The maximum absolute atomic E-state index is 13.2. The summed E-state index contributed by atoms with van der Waals surface area (Å²) in [5.41, 5.74) is 5.52. The fourth-order valence-electron chi connectivity index (χ4n) is 6.31. The van der Waals surface area contributed by atoms with Crippen molar-refractivity contribution in [2.24, 2.45) is 4.99 Å². The molecule has 1 amide bonds. The fourth-order valence-corrected chi connectivity index (χ4v) is 6.31. The van der Waals surface area contributed by atoms with E-state index in [4.69, 9.17) is 4.98 Å². The van der Waals surface area contributed by atoms with Crippen LogP contribution in [0.2, 0.25) is 0 Å². The molecule has 43 heavy (non-hydrogen) atoms. The highest BCUT2D eigenvalue weighted by Gasteiger charge is 2.39. The van der Waals surface area contributed by atoms with Gasteiger partial charge in [-0.2, -0.15) is 9.98 Å². The van der Waals surface area contributed by atoms with Crippen molar-refractivity contribution in [1.29, 1.82) is 0 Å².